The van der Waals surface area contributed by atoms with Gasteiger partial charge in [0.1, 0.15) is 12.1 Å². The van der Waals surface area contributed by atoms with Crippen LogP contribution in [0, 0.1) is 0 Å². The topological polar surface area (TPSA) is 225 Å². The zero-order valence-corrected chi connectivity index (χ0v) is 14.8. The number of hydrogen-bond acceptors (Lipinski definition) is 8. The third kappa shape index (κ3) is 10.0. The summed E-state index contributed by atoms with van der Waals surface area (Å²) in [6, 6.07) is -4.38. The van der Waals surface area contributed by atoms with Gasteiger partial charge in [0.05, 0.1) is 25.4 Å². The molecule has 0 saturated carbocycles. The van der Waals surface area contributed by atoms with Crippen LogP contribution >= 0.6 is 12.6 Å². The van der Waals surface area contributed by atoms with Gasteiger partial charge >= 0.3 is 17.9 Å². The number of carboxylic acid groups (broad SMARTS) is 3. The molecule has 3 atom stereocenters. The second-order valence-electron chi connectivity index (χ2n) is 5.22. The van der Waals surface area contributed by atoms with E-state index in [0.29, 0.717) is 0 Å². The summed E-state index contributed by atoms with van der Waals surface area (Å²) >= 11 is 3.84. The molecular formula is C13H20N4O9S. The SMILES string of the molecule is NC(CC(=O)O)C(=O)NCC(=O)NC(CS)C(=O)NC(CC(=O)O)C(=O)O. The van der Waals surface area contributed by atoms with Gasteiger partial charge in [0.15, 0.2) is 0 Å². The fourth-order valence-corrected chi connectivity index (χ4v) is 1.92. The molecule has 0 heterocycles. The van der Waals surface area contributed by atoms with Crippen molar-refractivity contribution in [2.45, 2.75) is 31.0 Å². The molecule has 3 amide bonds. The summed E-state index contributed by atoms with van der Waals surface area (Å²) < 4.78 is 0. The first-order valence-corrected chi connectivity index (χ1v) is 8.01. The molecule has 3 unspecified atom stereocenters. The molecule has 0 spiro atoms. The predicted molar refractivity (Wildman–Crippen MR) is 90.8 cm³/mol. The monoisotopic (exact) mass is 408 g/mol. The lowest BCUT2D eigenvalue weighted by atomic mass is 10.2. The van der Waals surface area contributed by atoms with Gasteiger partial charge in [-0.1, -0.05) is 0 Å². The van der Waals surface area contributed by atoms with E-state index < -0.39 is 73.1 Å². The van der Waals surface area contributed by atoms with E-state index in [9.17, 15) is 28.8 Å². The number of carbonyl (C=O) groups excluding carboxylic acids is 3. The molecule has 14 heteroatoms. The van der Waals surface area contributed by atoms with Crippen LogP contribution in [0.1, 0.15) is 12.8 Å². The Morgan fingerprint density at radius 2 is 1.41 bits per heavy atom. The summed E-state index contributed by atoms with van der Waals surface area (Å²) in [7, 11) is 0. The Kier molecular flexibility index (Phi) is 10.4. The van der Waals surface area contributed by atoms with Crippen molar-refractivity contribution in [1.82, 2.24) is 16.0 Å². The van der Waals surface area contributed by atoms with E-state index in [1.807, 2.05) is 5.32 Å². The highest BCUT2D eigenvalue weighted by molar-refractivity contribution is 7.80. The van der Waals surface area contributed by atoms with Crippen LogP contribution in [0.3, 0.4) is 0 Å². The van der Waals surface area contributed by atoms with Crippen molar-refractivity contribution in [1.29, 1.82) is 0 Å². The number of rotatable bonds is 12. The predicted octanol–water partition coefficient (Wildman–Crippen LogP) is -3.64. The number of thiol groups is 1. The minimum atomic E-state index is -1.71. The minimum Gasteiger partial charge on any atom is -0.481 e. The van der Waals surface area contributed by atoms with Gasteiger partial charge in [-0.3, -0.25) is 24.0 Å². The molecule has 0 aliphatic carbocycles. The Balaban J connectivity index is 4.64. The van der Waals surface area contributed by atoms with E-state index in [2.05, 4.69) is 23.3 Å². The molecule has 0 aromatic rings. The zero-order chi connectivity index (χ0) is 21.1. The van der Waals surface area contributed by atoms with Gasteiger partial charge in [-0.15, -0.1) is 0 Å². The summed E-state index contributed by atoms with van der Waals surface area (Å²) in [4.78, 5) is 67.2. The van der Waals surface area contributed by atoms with Crippen molar-refractivity contribution in [2.75, 3.05) is 12.3 Å². The lowest BCUT2D eigenvalue weighted by Gasteiger charge is -2.19. The summed E-state index contributed by atoms with van der Waals surface area (Å²) in [5.41, 5.74) is 5.30. The number of nitrogens with two attached hydrogens (primary N) is 1. The van der Waals surface area contributed by atoms with Crippen molar-refractivity contribution >= 4 is 48.3 Å². The molecule has 0 saturated heterocycles. The summed E-state index contributed by atoms with van der Waals surface area (Å²) in [5.74, 6) is -7.31. The highest BCUT2D eigenvalue weighted by Crippen LogP contribution is 1.97. The smallest absolute Gasteiger partial charge is 0.326 e. The molecule has 0 radical (unpaired) electrons. The summed E-state index contributed by atoms with van der Waals surface area (Å²) in [6.45, 7) is -0.624. The van der Waals surface area contributed by atoms with Crippen LogP contribution in [0.5, 0.6) is 0 Å². The van der Waals surface area contributed by atoms with Gasteiger partial charge in [0.25, 0.3) is 0 Å². The van der Waals surface area contributed by atoms with Crippen LogP contribution in [0.2, 0.25) is 0 Å². The van der Waals surface area contributed by atoms with Crippen molar-refractivity contribution in [3.05, 3.63) is 0 Å². The van der Waals surface area contributed by atoms with Crippen LogP contribution in [-0.4, -0.2) is 81.4 Å². The van der Waals surface area contributed by atoms with Crippen LogP contribution < -0.4 is 21.7 Å². The molecule has 0 aliphatic rings. The molecule has 0 aromatic carbocycles. The molecule has 0 bridgehead atoms. The molecule has 0 rings (SSSR count). The third-order valence-corrected chi connectivity index (χ3v) is 3.35. The maximum Gasteiger partial charge on any atom is 0.326 e. The van der Waals surface area contributed by atoms with Crippen LogP contribution in [0.15, 0.2) is 0 Å². The molecular weight excluding hydrogens is 388 g/mol. The van der Waals surface area contributed by atoms with Crippen molar-refractivity contribution in [3.63, 3.8) is 0 Å². The highest BCUT2D eigenvalue weighted by Gasteiger charge is 2.27. The normalized spacial score (nSPS) is 13.6. The lowest BCUT2D eigenvalue weighted by Crippen LogP contribution is -2.54. The first-order chi connectivity index (χ1) is 12.5. The first kappa shape index (κ1) is 24.1. The van der Waals surface area contributed by atoms with E-state index in [1.54, 1.807) is 0 Å². The Morgan fingerprint density at radius 3 is 1.85 bits per heavy atom. The molecule has 8 N–H and O–H groups in total. The molecule has 0 fully saturated rings. The average molecular weight is 408 g/mol. The average Bonchev–Trinajstić information content (AvgIpc) is 2.55. The molecule has 0 aliphatic heterocycles. The Hall–Kier alpha value is -2.87. The van der Waals surface area contributed by atoms with E-state index in [0.717, 1.165) is 0 Å². The maximum absolute atomic E-state index is 12.0. The standard InChI is InChI=1S/C13H20N4O9S/c14-5(1-9(19)20)11(23)15-3-8(18)16-7(4-27)12(24)17-6(13(25)26)2-10(21)22/h5-7,27H,1-4,14H2,(H,15,23)(H,16,18)(H,17,24)(H,19,20)(H,21,22)(H,25,26). The Morgan fingerprint density at radius 1 is 0.852 bits per heavy atom. The zero-order valence-electron chi connectivity index (χ0n) is 13.9. The third-order valence-electron chi connectivity index (χ3n) is 2.98. The minimum absolute atomic E-state index is 0.247. The van der Waals surface area contributed by atoms with Gasteiger partial charge in [-0.2, -0.15) is 12.6 Å². The van der Waals surface area contributed by atoms with Crippen LogP contribution in [0.25, 0.3) is 0 Å². The number of hydrogen-bond donors (Lipinski definition) is 8. The fourth-order valence-electron chi connectivity index (χ4n) is 1.67. The van der Waals surface area contributed by atoms with Crippen LogP contribution in [0.4, 0.5) is 0 Å². The Bertz CT molecular complexity index is 613. The van der Waals surface area contributed by atoms with E-state index >= 15 is 0 Å². The Labute approximate surface area is 158 Å². The van der Waals surface area contributed by atoms with E-state index in [4.69, 9.17) is 21.1 Å². The first-order valence-electron chi connectivity index (χ1n) is 7.38. The van der Waals surface area contributed by atoms with Gasteiger partial charge in [0, 0.05) is 5.75 Å². The number of amides is 3. The van der Waals surface area contributed by atoms with Crippen molar-refractivity contribution in [2.24, 2.45) is 5.73 Å². The molecule has 0 aromatic heterocycles. The van der Waals surface area contributed by atoms with Gasteiger partial charge in [-0.25, -0.2) is 4.79 Å². The summed E-state index contributed by atoms with van der Waals surface area (Å²) in [6.07, 6.45) is -1.51. The van der Waals surface area contributed by atoms with E-state index in [1.165, 1.54) is 0 Å². The number of nitrogens with one attached hydrogen (secondary N) is 3. The highest BCUT2D eigenvalue weighted by atomic mass is 32.1. The van der Waals surface area contributed by atoms with Crippen molar-refractivity contribution in [3.8, 4) is 0 Å². The fraction of sp³-hybridized carbons (Fsp3) is 0.538. The second kappa shape index (κ2) is 11.7. The number of carboxylic acids is 3. The number of aliphatic carboxylic acids is 3. The van der Waals surface area contributed by atoms with Crippen molar-refractivity contribution < 1.29 is 44.1 Å². The molecule has 13 nitrogen and oxygen atoms in total. The number of carbonyl (C=O) groups is 6. The van der Waals surface area contributed by atoms with Crippen LogP contribution in [-0.2, 0) is 28.8 Å². The second-order valence-corrected chi connectivity index (χ2v) is 5.59. The van der Waals surface area contributed by atoms with Gasteiger partial charge < -0.3 is 37.0 Å². The molecule has 152 valence electrons. The van der Waals surface area contributed by atoms with E-state index in [-0.39, 0.29) is 5.75 Å². The largest absolute Gasteiger partial charge is 0.481 e. The van der Waals surface area contributed by atoms with Gasteiger partial charge in [0.2, 0.25) is 17.7 Å². The maximum atomic E-state index is 12.0. The molecule has 27 heavy (non-hydrogen) atoms. The lowest BCUT2D eigenvalue weighted by molar-refractivity contribution is -0.147. The quantitative estimate of drug-likeness (QED) is 0.148. The summed E-state index contributed by atoms with van der Waals surface area (Å²) in [5, 5.41) is 32.2. The van der Waals surface area contributed by atoms with Gasteiger partial charge in [-0.05, 0) is 0 Å².